The van der Waals surface area contributed by atoms with Gasteiger partial charge in [-0.3, -0.25) is 25.0 Å². The molecule has 0 saturated carbocycles. The number of hydrogen-bond acceptors (Lipinski definition) is 6. The molecule has 0 radical (unpaired) electrons. The molecule has 0 aliphatic carbocycles. The summed E-state index contributed by atoms with van der Waals surface area (Å²) in [7, 11) is 0. The smallest absolute Gasteiger partial charge is 0.335 e. The number of urea groups is 1. The van der Waals surface area contributed by atoms with E-state index in [1.807, 2.05) is 0 Å². The van der Waals surface area contributed by atoms with Crippen LogP contribution in [-0.2, 0) is 9.59 Å². The number of benzene rings is 2. The number of non-ortho nitro benzene ring substituents is 1. The van der Waals surface area contributed by atoms with Crippen molar-refractivity contribution in [3.05, 3.63) is 86.6 Å². The van der Waals surface area contributed by atoms with E-state index in [9.17, 15) is 24.5 Å². The van der Waals surface area contributed by atoms with E-state index in [1.54, 1.807) is 25.1 Å². The Labute approximate surface area is 186 Å². The van der Waals surface area contributed by atoms with E-state index >= 15 is 0 Å². The fourth-order valence-electron chi connectivity index (χ4n) is 3.24. The third-order valence-electron chi connectivity index (χ3n) is 4.79. The Morgan fingerprint density at radius 1 is 1.06 bits per heavy atom. The Hall–Kier alpha value is -4.24. The van der Waals surface area contributed by atoms with Crippen LogP contribution in [0.25, 0.3) is 17.4 Å². The quantitative estimate of drug-likeness (QED) is 0.270. The minimum absolute atomic E-state index is 0.0448. The number of nitrogens with zero attached hydrogens (tertiary/aromatic N) is 2. The second-order valence-corrected chi connectivity index (χ2v) is 7.33. The number of nitrogens with one attached hydrogen (secondary N) is 1. The highest BCUT2D eigenvalue weighted by atomic mass is 35.5. The van der Waals surface area contributed by atoms with Gasteiger partial charge in [-0.1, -0.05) is 11.6 Å². The molecule has 10 heteroatoms. The molecule has 32 heavy (non-hydrogen) atoms. The topological polar surface area (TPSA) is 123 Å². The van der Waals surface area contributed by atoms with Gasteiger partial charge in [0.15, 0.2) is 0 Å². The standard InChI is InChI=1S/C22H14ClN3O6/c1-12-10-15(26(30)31)6-8-17(12)19-9-7-16(32-19)11-18-20(27)24-22(29)25(21(18)28)14-4-2-13(23)3-5-14/h2-11H,1H3,(H,24,27,29)/b18-11+. The van der Waals surface area contributed by atoms with Crippen LogP contribution >= 0.6 is 11.6 Å². The lowest BCUT2D eigenvalue weighted by Gasteiger charge is -2.26. The third kappa shape index (κ3) is 3.88. The second kappa shape index (κ2) is 8.12. The zero-order chi connectivity index (χ0) is 23.0. The number of anilines is 1. The van der Waals surface area contributed by atoms with Crippen LogP contribution in [-0.4, -0.2) is 22.8 Å². The largest absolute Gasteiger partial charge is 0.457 e. The Kier molecular flexibility index (Phi) is 5.33. The van der Waals surface area contributed by atoms with E-state index in [1.165, 1.54) is 42.5 Å². The van der Waals surface area contributed by atoms with Gasteiger partial charge in [0.25, 0.3) is 17.5 Å². The summed E-state index contributed by atoms with van der Waals surface area (Å²) < 4.78 is 5.73. The summed E-state index contributed by atoms with van der Waals surface area (Å²) in [6.45, 7) is 1.71. The SMILES string of the molecule is Cc1cc([N+](=O)[O-])ccc1-c1ccc(/C=C2\C(=O)NC(=O)N(c3ccc(Cl)cc3)C2=O)o1. The Morgan fingerprint density at radius 2 is 1.78 bits per heavy atom. The number of barbiturate groups is 1. The molecular weight excluding hydrogens is 438 g/mol. The normalized spacial score (nSPS) is 15.2. The number of furan rings is 1. The third-order valence-corrected chi connectivity index (χ3v) is 5.04. The molecule has 3 aromatic rings. The van der Waals surface area contributed by atoms with Crippen LogP contribution in [0.3, 0.4) is 0 Å². The van der Waals surface area contributed by atoms with E-state index in [0.29, 0.717) is 21.9 Å². The number of hydrogen-bond donors (Lipinski definition) is 1. The van der Waals surface area contributed by atoms with Crippen molar-refractivity contribution in [2.75, 3.05) is 4.90 Å². The number of amides is 4. The maximum atomic E-state index is 12.9. The molecule has 9 nitrogen and oxygen atoms in total. The number of halogens is 1. The van der Waals surface area contributed by atoms with Gasteiger partial charge >= 0.3 is 6.03 Å². The van der Waals surface area contributed by atoms with E-state index in [2.05, 4.69) is 5.32 Å². The molecule has 1 aromatic heterocycles. The summed E-state index contributed by atoms with van der Waals surface area (Å²) in [6, 6.07) is 12.6. The fraction of sp³-hybridized carbons (Fsp3) is 0.0455. The molecule has 1 fully saturated rings. The Balaban J connectivity index is 1.66. The number of imide groups is 2. The van der Waals surface area contributed by atoms with E-state index in [-0.39, 0.29) is 22.7 Å². The molecule has 1 N–H and O–H groups in total. The minimum Gasteiger partial charge on any atom is -0.457 e. The first-order valence-electron chi connectivity index (χ1n) is 9.27. The van der Waals surface area contributed by atoms with Crippen LogP contribution in [0, 0.1) is 17.0 Å². The average Bonchev–Trinajstić information content (AvgIpc) is 3.20. The summed E-state index contributed by atoms with van der Waals surface area (Å²) in [4.78, 5) is 48.7. The van der Waals surface area contributed by atoms with Gasteiger partial charge in [-0.25, -0.2) is 9.69 Å². The molecular formula is C22H14ClN3O6. The van der Waals surface area contributed by atoms with Crippen LogP contribution in [0.4, 0.5) is 16.2 Å². The zero-order valence-electron chi connectivity index (χ0n) is 16.5. The summed E-state index contributed by atoms with van der Waals surface area (Å²) in [5, 5.41) is 13.5. The molecule has 0 bridgehead atoms. The molecule has 2 aromatic carbocycles. The Morgan fingerprint density at radius 3 is 2.44 bits per heavy atom. The molecule has 1 saturated heterocycles. The molecule has 0 unspecified atom stereocenters. The van der Waals surface area contributed by atoms with Crippen LogP contribution < -0.4 is 10.2 Å². The predicted molar refractivity (Wildman–Crippen MR) is 116 cm³/mol. The number of carbonyl (C=O) groups is 3. The van der Waals surface area contributed by atoms with Crippen LogP contribution in [0.15, 0.2) is 64.6 Å². The maximum Gasteiger partial charge on any atom is 0.335 e. The fourth-order valence-corrected chi connectivity index (χ4v) is 3.36. The molecule has 0 atom stereocenters. The number of rotatable bonds is 4. The van der Waals surface area contributed by atoms with Crippen molar-refractivity contribution in [1.82, 2.24) is 5.32 Å². The maximum absolute atomic E-state index is 12.9. The summed E-state index contributed by atoms with van der Waals surface area (Å²) in [6.07, 6.45) is 1.23. The number of nitro groups is 1. The van der Waals surface area contributed by atoms with Gasteiger partial charge in [0.1, 0.15) is 17.1 Å². The predicted octanol–water partition coefficient (Wildman–Crippen LogP) is 4.48. The van der Waals surface area contributed by atoms with Gasteiger partial charge in [0, 0.05) is 22.7 Å². The number of nitro benzene ring substituents is 1. The highest BCUT2D eigenvalue weighted by Gasteiger charge is 2.37. The highest BCUT2D eigenvalue weighted by molar-refractivity contribution is 6.39. The van der Waals surface area contributed by atoms with Gasteiger partial charge in [-0.2, -0.15) is 0 Å². The lowest BCUT2D eigenvalue weighted by Crippen LogP contribution is -2.54. The van der Waals surface area contributed by atoms with Crippen molar-refractivity contribution in [2.24, 2.45) is 0 Å². The van der Waals surface area contributed by atoms with Gasteiger partial charge in [-0.05, 0) is 61.0 Å². The Bertz CT molecular complexity index is 1310. The first-order valence-corrected chi connectivity index (χ1v) is 9.64. The molecule has 2 heterocycles. The van der Waals surface area contributed by atoms with Crippen molar-refractivity contribution in [3.63, 3.8) is 0 Å². The average molecular weight is 452 g/mol. The molecule has 1 aliphatic rings. The summed E-state index contributed by atoms with van der Waals surface area (Å²) in [5.74, 6) is -1.07. The molecule has 4 rings (SSSR count). The van der Waals surface area contributed by atoms with Crippen LogP contribution in [0.1, 0.15) is 11.3 Å². The molecule has 160 valence electrons. The van der Waals surface area contributed by atoms with Crippen molar-refractivity contribution in [3.8, 4) is 11.3 Å². The zero-order valence-corrected chi connectivity index (χ0v) is 17.3. The van der Waals surface area contributed by atoms with Gasteiger partial charge in [-0.15, -0.1) is 0 Å². The molecule has 1 aliphatic heterocycles. The summed E-state index contributed by atoms with van der Waals surface area (Å²) in [5.41, 5.74) is 1.16. The summed E-state index contributed by atoms with van der Waals surface area (Å²) >= 11 is 5.86. The van der Waals surface area contributed by atoms with Crippen molar-refractivity contribution in [2.45, 2.75) is 6.92 Å². The lowest BCUT2D eigenvalue weighted by atomic mass is 10.1. The van der Waals surface area contributed by atoms with Crippen LogP contribution in [0.2, 0.25) is 5.02 Å². The minimum atomic E-state index is -0.874. The lowest BCUT2D eigenvalue weighted by molar-refractivity contribution is -0.384. The van der Waals surface area contributed by atoms with Gasteiger partial charge < -0.3 is 4.42 Å². The van der Waals surface area contributed by atoms with Gasteiger partial charge in [0.2, 0.25) is 0 Å². The number of aryl methyl sites for hydroxylation is 1. The van der Waals surface area contributed by atoms with E-state index in [0.717, 1.165) is 4.90 Å². The van der Waals surface area contributed by atoms with E-state index < -0.39 is 22.8 Å². The first-order chi connectivity index (χ1) is 15.2. The molecule has 4 amide bonds. The monoisotopic (exact) mass is 451 g/mol. The van der Waals surface area contributed by atoms with Crippen LogP contribution in [0.5, 0.6) is 0 Å². The van der Waals surface area contributed by atoms with Crippen molar-refractivity contribution < 1.29 is 23.7 Å². The number of carbonyl (C=O) groups excluding carboxylic acids is 3. The van der Waals surface area contributed by atoms with Gasteiger partial charge in [0.05, 0.1) is 10.6 Å². The first kappa shape index (κ1) is 21.0. The van der Waals surface area contributed by atoms with Crippen molar-refractivity contribution in [1.29, 1.82) is 0 Å². The molecule has 0 spiro atoms. The van der Waals surface area contributed by atoms with Crippen molar-refractivity contribution >= 4 is 46.9 Å². The second-order valence-electron chi connectivity index (χ2n) is 6.89. The highest BCUT2D eigenvalue weighted by Crippen LogP contribution is 2.30. The van der Waals surface area contributed by atoms with E-state index in [4.69, 9.17) is 16.0 Å².